The summed E-state index contributed by atoms with van der Waals surface area (Å²) in [6, 6.07) is 0. The maximum atomic E-state index is 4.28. The number of aromatic nitrogens is 1. The minimum absolute atomic E-state index is 1.08. The monoisotopic (exact) mass is 153 g/mol. The molecule has 1 heterocycles. The number of hydrogen-bond donors (Lipinski definition) is 0. The van der Waals surface area contributed by atoms with E-state index in [-0.39, 0.29) is 0 Å². The molecule has 0 saturated carbocycles. The number of aryl methyl sites for hydroxylation is 1. The molecule has 0 radical (unpaired) electrons. The fraction of sp³-hybridized carbons (Fsp3) is 0.375. The maximum absolute atomic E-state index is 4.28. The summed E-state index contributed by atoms with van der Waals surface area (Å²) in [5.41, 5.74) is 1.09. The molecular weight excluding hydrogens is 142 g/mol. The van der Waals surface area contributed by atoms with Crippen LogP contribution in [-0.4, -0.2) is 4.98 Å². The van der Waals surface area contributed by atoms with Gasteiger partial charge in [-0.25, -0.2) is 4.98 Å². The van der Waals surface area contributed by atoms with E-state index < -0.39 is 0 Å². The normalized spacial score (nSPS) is 11.0. The first kappa shape index (κ1) is 7.48. The lowest BCUT2D eigenvalue weighted by molar-refractivity contribution is 1.22. The third kappa shape index (κ3) is 1.95. The summed E-state index contributed by atoms with van der Waals surface area (Å²) in [5.74, 6) is 0. The summed E-state index contributed by atoms with van der Waals surface area (Å²) in [7, 11) is 0. The molecule has 0 spiro atoms. The zero-order valence-corrected chi connectivity index (χ0v) is 7.11. The van der Waals surface area contributed by atoms with E-state index in [4.69, 9.17) is 0 Å². The van der Waals surface area contributed by atoms with Crippen molar-refractivity contribution in [3.8, 4) is 0 Å². The molecule has 0 N–H and O–H groups in total. The second kappa shape index (κ2) is 3.52. The smallest absolute Gasteiger partial charge is 0.0901 e. The fourth-order valence-corrected chi connectivity index (χ4v) is 1.28. The molecule has 10 heavy (non-hydrogen) atoms. The highest BCUT2D eigenvalue weighted by atomic mass is 32.1. The molecule has 0 fully saturated rings. The topological polar surface area (TPSA) is 12.9 Å². The highest BCUT2D eigenvalue weighted by Crippen LogP contribution is 2.09. The lowest BCUT2D eigenvalue weighted by Gasteiger charge is -1.79. The molecule has 1 aromatic heterocycles. The summed E-state index contributed by atoms with van der Waals surface area (Å²) in [4.78, 5) is 4.28. The van der Waals surface area contributed by atoms with Gasteiger partial charge in [0.05, 0.1) is 10.7 Å². The van der Waals surface area contributed by atoms with Crippen molar-refractivity contribution in [1.82, 2.24) is 4.98 Å². The van der Waals surface area contributed by atoms with Crippen molar-refractivity contribution in [3.05, 3.63) is 22.2 Å². The Labute approximate surface area is 65.4 Å². The van der Waals surface area contributed by atoms with Gasteiger partial charge in [0.2, 0.25) is 0 Å². The number of hydrogen-bond acceptors (Lipinski definition) is 2. The van der Waals surface area contributed by atoms with Crippen LogP contribution in [0.25, 0.3) is 6.08 Å². The Morgan fingerprint density at radius 1 is 1.70 bits per heavy atom. The van der Waals surface area contributed by atoms with Crippen LogP contribution in [0.4, 0.5) is 0 Å². The number of nitrogens with zero attached hydrogens (tertiary/aromatic N) is 1. The van der Waals surface area contributed by atoms with E-state index in [9.17, 15) is 0 Å². The quantitative estimate of drug-likeness (QED) is 0.636. The largest absolute Gasteiger partial charge is 0.242 e. The van der Waals surface area contributed by atoms with Gasteiger partial charge in [-0.05, 0) is 19.4 Å². The lowest BCUT2D eigenvalue weighted by Crippen LogP contribution is -1.70. The van der Waals surface area contributed by atoms with Crippen LogP contribution in [-0.2, 0) is 0 Å². The molecule has 0 unspecified atom stereocenters. The van der Waals surface area contributed by atoms with Crippen molar-refractivity contribution >= 4 is 17.4 Å². The van der Waals surface area contributed by atoms with Crippen LogP contribution < -0.4 is 0 Å². The molecule has 0 aromatic carbocycles. The third-order valence-electron chi connectivity index (χ3n) is 1.16. The standard InChI is InChI=1S/C8H11NS/c1-3-4-5-8-6-10-7(2)9-8/h4-6H,3H2,1-2H3/b5-4+. The van der Waals surface area contributed by atoms with Gasteiger partial charge in [-0.1, -0.05) is 13.0 Å². The SMILES string of the molecule is CC/C=C/c1csc(C)n1. The van der Waals surface area contributed by atoms with Crippen molar-refractivity contribution in [3.63, 3.8) is 0 Å². The molecule has 0 atom stereocenters. The Bertz CT molecular complexity index is 225. The van der Waals surface area contributed by atoms with Crippen molar-refractivity contribution < 1.29 is 0 Å². The summed E-state index contributed by atoms with van der Waals surface area (Å²) in [6.07, 6.45) is 5.26. The van der Waals surface area contributed by atoms with Crippen molar-refractivity contribution in [2.75, 3.05) is 0 Å². The number of thiazole rings is 1. The first-order chi connectivity index (χ1) is 4.83. The Kier molecular flexibility index (Phi) is 2.63. The first-order valence-corrected chi connectivity index (χ1v) is 4.29. The molecule has 0 aliphatic rings. The van der Waals surface area contributed by atoms with Crippen LogP contribution in [0.3, 0.4) is 0 Å². The van der Waals surface area contributed by atoms with Gasteiger partial charge in [-0.2, -0.15) is 0 Å². The van der Waals surface area contributed by atoms with E-state index in [2.05, 4.69) is 29.4 Å². The van der Waals surface area contributed by atoms with Crippen LogP contribution in [0.2, 0.25) is 0 Å². The van der Waals surface area contributed by atoms with Gasteiger partial charge in [0.15, 0.2) is 0 Å². The molecule has 54 valence electrons. The molecule has 0 aliphatic heterocycles. The van der Waals surface area contributed by atoms with Crippen molar-refractivity contribution in [2.24, 2.45) is 0 Å². The Balaban J connectivity index is 2.67. The van der Waals surface area contributed by atoms with Crippen LogP contribution in [0.1, 0.15) is 24.0 Å². The molecule has 2 heteroatoms. The van der Waals surface area contributed by atoms with Crippen molar-refractivity contribution in [2.45, 2.75) is 20.3 Å². The zero-order valence-electron chi connectivity index (χ0n) is 6.29. The van der Waals surface area contributed by atoms with E-state index >= 15 is 0 Å². The molecule has 0 aliphatic carbocycles. The van der Waals surface area contributed by atoms with Gasteiger partial charge in [0, 0.05) is 5.38 Å². The number of rotatable bonds is 2. The van der Waals surface area contributed by atoms with Gasteiger partial charge in [0.25, 0.3) is 0 Å². The van der Waals surface area contributed by atoms with Crippen LogP contribution in [0.5, 0.6) is 0 Å². The average Bonchev–Trinajstić information content (AvgIpc) is 2.31. The van der Waals surface area contributed by atoms with Gasteiger partial charge in [0.1, 0.15) is 0 Å². The molecular formula is C8H11NS. The fourth-order valence-electron chi connectivity index (χ4n) is 0.695. The zero-order chi connectivity index (χ0) is 7.40. The second-order valence-electron chi connectivity index (χ2n) is 2.10. The first-order valence-electron chi connectivity index (χ1n) is 3.41. The average molecular weight is 153 g/mol. The summed E-state index contributed by atoms with van der Waals surface area (Å²) in [6.45, 7) is 4.14. The van der Waals surface area contributed by atoms with Crippen LogP contribution in [0, 0.1) is 6.92 Å². The summed E-state index contributed by atoms with van der Waals surface area (Å²) < 4.78 is 0. The minimum atomic E-state index is 1.08. The van der Waals surface area contributed by atoms with Gasteiger partial charge < -0.3 is 0 Å². The highest BCUT2D eigenvalue weighted by molar-refractivity contribution is 7.09. The van der Waals surface area contributed by atoms with Gasteiger partial charge in [-0.15, -0.1) is 11.3 Å². The van der Waals surface area contributed by atoms with E-state index in [1.807, 2.05) is 6.92 Å². The maximum Gasteiger partial charge on any atom is 0.0901 e. The van der Waals surface area contributed by atoms with E-state index in [1.54, 1.807) is 11.3 Å². The van der Waals surface area contributed by atoms with E-state index in [1.165, 1.54) is 0 Å². The van der Waals surface area contributed by atoms with Crippen molar-refractivity contribution in [1.29, 1.82) is 0 Å². The summed E-state index contributed by atoms with van der Waals surface area (Å²) in [5, 5.41) is 3.21. The molecule has 0 saturated heterocycles. The molecule has 1 rings (SSSR count). The van der Waals surface area contributed by atoms with Gasteiger partial charge in [-0.3, -0.25) is 0 Å². The predicted molar refractivity (Wildman–Crippen MR) is 46.2 cm³/mol. The minimum Gasteiger partial charge on any atom is -0.242 e. The lowest BCUT2D eigenvalue weighted by atomic mass is 10.4. The van der Waals surface area contributed by atoms with E-state index in [0.29, 0.717) is 0 Å². The highest BCUT2D eigenvalue weighted by Gasteiger charge is 1.90. The molecule has 0 bridgehead atoms. The molecule has 1 nitrogen and oxygen atoms in total. The van der Waals surface area contributed by atoms with E-state index in [0.717, 1.165) is 17.1 Å². The third-order valence-corrected chi connectivity index (χ3v) is 1.95. The Morgan fingerprint density at radius 3 is 3.00 bits per heavy atom. The van der Waals surface area contributed by atoms with Crippen LogP contribution in [0.15, 0.2) is 11.5 Å². The second-order valence-corrected chi connectivity index (χ2v) is 3.16. The molecule has 1 aromatic rings. The predicted octanol–water partition coefficient (Wildman–Crippen LogP) is 2.87. The Hall–Kier alpha value is -0.630. The Morgan fingerprint density at radius 2 is 2.50 bits per heavy atom. The van der Waals surface area contributed by atoms with Gasteiger partial charge >= 0.3 is 0 Å². The number of allylic oxidation sites excluding steroid dienone is 1. The van der Waals surface area contributed by atoms with Crippen LogP contribution >= 0.6 is 11.3 Å². The summed E-state index contributed by atoms with van der Waals surface area (Å²) >= 11 is 1.69. The molecule has 0 amide bonds.